The molecule has 0 saturated carbocycles. The van der Waals surface area contributed by atoms with Crippen molar-refractivity contribution in [3.63, 3.8) is 0 Å². The Balaban J connectivity index is 2.15. The molecule has 0 radical (unpaired) electrons. The summed E-state index contributed by atoms with van der Waals surface area (Å²) in [6, 6.07) is 3.86. The number of ether oxygens (including phenoxy) is 1. The zero-order valence-electron chi connectivity index (χ0n) is 14.6. The van der Waals surface area contributed by atoms with Crippen molar-refractivity contribution in [2.45, 2.75) is 37.0 Å². The first-order chi connectivity index (χ1) is 12.4. The van der Waals surface area contributed by atoms with E-state index < -0.39 is 14.9 Å². The summed E-state index contributed by atoms with van der Waals surface area (Å²) in [5, 5.41) is 14.2. The van der Waals surface area contributed by atoms with Crippen LogP contribution in [0.3, 0.4) is 0 Å². The highest BCUT2D eigenvalue weighted by molar-refractivity contribution is 7.89. The summed E-state index contributed by atoms with van der Waals surface area (Å²) in [6.07, 6.45) is 3.21. The number of carbonyl (C=O) groups excluding carboxylic acids is 1. The fourth-order valence-electron chi connectivity index (χ4n) is 2.78. The second-order valence-electron chi connectivity index (χ2n) is 6.01. The van der Waals surface area contributed by atoms with E-state index in [1.165, 1.54) is 23.5 Å². The quantitative estimate of drug-likeness (QED) is 0.315. The number of benzene rings is 1. The van der Waals surface area contributed by atoms with Crippen LogP contribution in [0.2, 0.25) is 0 Å². The van der Waals surface area contributed by atoms with Crippen molar-refractivity contribution in [1.82, 2.24) is 4.31 Å². The summed E-state index contributed by atoms with van der Waals surface area (Å²) in [6.45, 7) is 1.20. The maximum absolute atomic E-state index is 12.7. The van der Waals surface area contributed by atoms with Gasteiger partial charge >= 0.3 is 5.97 Å². The van der Waals surface area contributed by atoms with Crippen LogP contribution in [-0.4, -0.2) is 50.4 Å². The Morgan fingerprint density at radius 2 is 2.00 bits per heavy atom. The maximum Gasteiger partial charge on any atom is 0.305 e. The number of sulfonamides is 1. The fraction of sp³-hybridized carbons (Fsp3) is 0.562. The van der Waals surface area contributed by atoms with Gasteiger partial charge in [0.1, 0.15) is 5.69 Å². The minimum atomic E-state index is -3.73. The highest BCUT2D eigenvalue weighted by Crippen LogP contribution is 2.30. The smallest absolute Gasteiger partial charge is 0.305 e. The Hall–Kier alpha value is -2.20. The Kier molecular flexibility index (Phi) is 6.92. The maximum atomic E-state index is 12.7. The van der Waals surface area contributed by atoms with Gasteiger partial charge in [0.15, 0.2) is 0 Å². The van der Waals surface area contributed by atoms with Crippen LogP contribution < -0.4 is 5.32 Å². The van der Waals surface area contributed by atoms with Gasteiger partial charge in [-0.25, -0.2) is 8.42 Å². The van der Waals surface area contributed by atoms with E-state index in [0.29, 0.717) is 26.1 Å². The normalized spacial score (nSPS) is 15.4. The lowest BCUT2D eigenvalue weighted by atomic mass is 10.2. The second-order valence-corrected chi connectivity index (χ2v) is 7.95. The molecule has 1 aliphatic heterocycles. The van der Waals surface area contributed by atoms with Crippen LogP contribution in [0.5, 0.6) is 0 Å². The number of esters is 1. The molecule has 10 heteroatoms. The largest absolute Gasteiger partial charge is 0.469 e. The third-order valence-corrected chi connectivity index (χ3v) is 6.11. The molecule has 1 heterocycles. The number of rotatable bonds is 8. The molecule has 2 rings (SSSR count). The first-order valence-corrected chi connectivity index (χ1v) is 9.89. The Morgan fingerprint density at radius 1 is 1.31 bits per heavy atom. The van der Waals surface area contributed by atoms with E-state index in [9.17, 15) is 23.3 Å². The van der Waals surface area contributed by atoms with Gasteiger partial charge in [0.05, 0.1) is 16.9 Å². The Labute approximate surface area is 152 Å². The van der Waals surface area contributed by atoms with Crippen molar-refractivity contribution in [3.05, 3.63) is 28.3 Å². The zero-order valence-corrected chi connectivity index (χ0v) is 15.5. The van der Waals surface area contributed by atoms with Crippen molar-refractivity contribution >= 4 is 27.4 Å². The van der Waals surface area contributed by atoms with Gasteiger partial charge in [0.2, 0.25) is 10.0 Å². The molecule has 1 saturated heterocycles. The van der Waals surface area contributed by atoms with Gasteiger partial charge in [-0.3, -0.25) is 14.9 Å². The van der Waals surface area contributed by atoms with Crippen molar-refractivity contribution in [3.8, 4) is 0 Å². The number of nitro groups is 1. The highest BCUT2D eigenvalue weighted by atomic mass is 32.2. The van der Waals surface area contributed by atoms with Crippen molar-refractivity contribution in [1.29, 1.82) is 0 Å². The summed E-state index contributed by atoms with van der Waals surface area (Å²) in [5.41, 5.74) is -0.0846. The molecule has 0 spiro atoms. The lowest BCUT2D eigenvalue weighted by Crippen LogP contribution is -2.35. The molecule has 1 aromatic carbocycles. The van der Waals surface area contributed by atoms with Crippen molar-refractivity contribution < 1.29 is 22.9 Å². The number of hydrogen-bond donors (Lipinski definition) is 1. The van der Waals surface area contributed by atoms with Crippen LogP contribution in [0.15, 0.2) is 23.1 Å². The van der Waals surface area contributed by atoms with Crippen LogP contribution >= 0.6 is 0 Å². The summed E-state index contributed by atoms with van der Waals surface area (Å²) in [5.74, 6) is -0.357. The van der Waals surface area contributed by atoms with Gasteiger partial charge in [-0.1, -0.05) is 6.42 Å². The number of nitrogens with one attached hydrogen (secondary N) is 1. The number of methoxy groups -OCH3 is 1. The Morgan fingerprint density at radius 3 is 2.62 bits per heavy atom. The molecule has 144 valence electrons. The number of piperidine rings is 1. The molecule has 1 fully saturated rings. The van der Waals surface area contributed by atoms with Gasteiger partial charge < -0.3 is 10.1 Å². The molecule has 0 unspecified atom stereocenters. The first-order valence-electron chi connectivity index (χ1n) is 8.45. The van der Waals surface area contributed by atoms with Crippen molar-refractivity contribution in [2.75, 3.05) is 32.1 Å². The average Bonchev–Trinajstić information content (AvgIpc) is 2.65. The summed E-state index contributed by atoms with van der Waals surface area (Å²) >= 11 is 0. The standard InChI is InChI=1S/C16H23N3O6S/c1-25-16(20)6-5-9-17-14-8-7-13(12-15(14)19(21)22)26(23,24)18-10-3-2-4-11-18/h7-8,12,17H,2-6,9-11H2,1H3. The molecule has 0 aliphatic carbocycles. The molecule has 0 amide bonds. The molecular weight excluding hydrogens is 362 g/mol. The van der Waals surface area contributed by atoms with Gasteiger partial charge in [0.25, 0.3) is 5.69 Å². The number of nitro benzene ring substituents is 1. The molecule has 1 N–H and O–H groups in total. The minimum Gasteiger partial charge on any atom is -0.469 e. The van der Waals surface area contributed by atoms with Gasteiger partial charge in [-0.05, 0) is 31.4 Å². The highest BCUT2D eigenvalue weighted by Gasteiger charge is 2.28. The van der Waals surface area contributed by atoms with Crippen LogP contribution in [0.25, 0.3) is 0 Å². The third kappa shape index (κ3) is 4.92. The summed E-state index contributed by atoms with van der Waals surface area (Å²) in [7, 11) is -2.44. The van der Waals surface area contributed by atoms with Crippen LogP contribution in [0.1, 0.15) is 32.1 Å². The van der Waals surface area contributed by atoms with Gasteiger partial charge in [-0.15, -0.1) is 0 Å². The van der Waals surface area contributed by atoms with Crippen LogP contribution in [-0.2, 0) is 19.6 Å². The van der Waals surface area contributed by atoms with E-state index in [1.54, 1.807) is 0 Å². The average molecular weight is 385 g/mol. The van der Waals surface area contributed by atoms with Crippen molar-refractivity contribution in [2.24, 2.45) is 0 Å². The molecule has 0 aromatic heterocycles. The molecule has 9 nitrogen and oxygen atoms in total. The van der Waals surface area contributed by atoms with E-state index in [0.717, 1.165) is 25.3 Å². The SMILES string of the molecule is COC(=O)CCCNc1ccc(S(=O)(=O)N2CCCCC2)cc1[N+](=O)[O-]. The lowest BCUT2D eigenvalue weighted by Gasteiger charge is -2.25. The summed E-state index contributed by atoms with van der Waals surface area (Å²) < 4.78 is 31.2. The zero-order chi connectivity index (χ0) is 19.2. The van der Waals surface area contributed by atoms with E-state index >= 15 is 0 Å². The first kappa shape index (κ1) is 20.1. The second kappa shape index (κ2) is 8.95. The summed E-state index contributed by atoms with van der Waals surface area (Å²) in [4.78, 5) is 21.7. The molecule has 26 heavy (non-hydrogen) atoms. The molecule has 0 bridgehead atoms. The van der Waals surface area contributed by atoms with E-state index in [-0.39, 0.29) is 28.7 Å². The molecule has 0 atom stereocenters. The predicted molar refractivity (Wildman–Crippen MR) is 95.4 cm³/mol. The van der Waals surface area contributed by atoms with Gasteiger partial charge in [0, 0.05) is 32.1 Å². The Bertz CT molecular complexity index is 759. The molecule has 1 aliphatic rings. The number of hydrogen-bond acceptors (Lipinski definition) is 7. The van der Waals surface area contributed by atoms with E-state index in [2.05, 4.69) is 10.1 Å². The van der Waals surface area contributed by atoms with E-state index in [4.69, 9.17) is 0 Å². The monoisotopic (exact) mass is 385 g/mol. The number of nitrogens with zero attached hydrogens (tertiary/aromatic N) is 2. The predicted octanol–water partition coefficient (Wildman–Crippen LogP) is 2.13. The fourth-order valence-corrected chi connectivity index (χ4v) is 4.32. The van der Waals surface area contributed by atoms with E-state index in [1.807, 2.05) is 0 Å². The van der Waals surface area contributed by atoms with Gasteiger partial charge in [-0.2, -0.15) is 4.31 Å². The number of carbonyl (C=O) groups is 1. The minimum absolute atomic E-state index is 0.0776. The molecular formula is C16H23N3O6S. The number of anilines is 1. The topological polar surface area (TPSA) is 119 Å². The third-order valence-electron chi connectivity index (χ3n) is 4.22. The van der Waals surface area contributed by atoms with Crippen LogP contribution in [0, 0.1) is 10.1 Å². The molecule has 1 aromatic rings. The van der Waals surface area contributed by atoms with Crippen LogP contribution in [0.4, 0.5) is 11.4 Å². The lowest BCUT2D eigenvalue weighted by molar-refractivity contribution is -0.384.